The third-order valence-electron chi connectivity index (χ3n) is 4.02. The minimum Gasteiger partial charge on any atom is -0.492 e. The number of aromatic nitrogens is 2. The van der Waals surface area contributed by atoms with E-state index in [-0.39, 0.29) is 16.7 Å². The van der Waals surface area contributed by atoms with E-state index in [9.17, 15) is 14.9 Å². The Kier molecular flexibility index (Phi) is 4.31. The molecule has 1 N–H and O–H groups in total. The Morgan fingerprint density at radius 1 is 1.23 bits per heavy atom. The zero-order valence-electron chi connectivity index (χ0n) is 15.2. The monoisotopic (exact) mass is 355 g/mol. The second-order valence-corrected chi connectivity index (χ2v) is 7.51. The van der Waals surface area contributed by atoms with E-state index in [1.807, 2.05) is 0 Å². The molecule has 0 spiro atoms. The Bertz CT molecular complexity index is 1040. The van der Waals surface area contributed by atoms with Crippen molar-refractivity contribution in [3.8, 4) is 16.9 Å². The minimum atomic E-state index is -0.437. The van der Waals surface area contributed by atoms with Gasteiger partial charge in [-0.1, -0.05) is 20.8 Å². The van der Waals surface area contributed by atoms with Crippen molar-refractivity contribution in [3.05, 3.63) is 57.1 Å². The molecule has 0 unspecified atom stereocenters. The molecule has 2 heterocycles. The van der Waals surface area contributed by atoms with Crippen molar-refractivity contribution in [1.82, 2.24) is 9.55 Å². The van der Waals surface area contributed by atoms with Crippen LogP contribution in [0.25, 0.3) is 22.0 Å². The van der Waals surface area contributed by atoms with Gasteiger partial charge in [0.2, 0.25) is 0 Å². The first-order chi connectivity index (χ1) is 12.2. The van der Waals surface area contributed by atoms with Gasteiger partial charge in [-0.15, -0.1) is 0 Å². The van der Waals surface area contributed by atoms with E-state index >= 15 is 0 Å². The SMILES string of the molecule is Cn1cc(-c2cc([N+](=O)[O-])ccc2OCC(C)(C)C)c2cc[nH]c2c1=O. The molecular formula is C19H21N3O4. The topological polar surface area (TPSA) is 90.2 Å². The van der Waals surface area contributed by atoms with Crippen molar-refractivity contribution in [3.63, 3.8) is 0 Å². The maximum absolute atomic E-state index is 12.3. The smallest absolute Gasteiger partial charge is 0.274 e. The number of fused-ring (bicyclic) bond motifs is 1. The van der Waals surface area contributed by atoms with Crippen LogP contribution in [0, 0.1) is 15.5 Å². The van der Waals surface area contributed by atoms with Crippen LogP contribution in [0.2, 0.25) is 0 Å². The molecule has 0 saturated carbocycles. The molecule has 7 heteroatoms. The summed E-state index contributed by atoms with van der Waals surface area (Å²) in [5.41, 5.74) is 1.50. The molecule has 0 saturated heterocycles. The van der Waals surface area contributed by atoms with Gasteiger partial charge in [0.05, 0.1) is 11.5 Å². The Balaban J connectivity index is 2.24. The Morgan fingerprint density at radius 2 is 1.96 bits per heavy atom. The summed E-state index contributed by atoms with van der Waals surface area (Å²) in [5, 5.41) is 12.0. The quantitative estimate of drug-likeness (QED) is 0.568. The van der Waals surface area contributed by atoms with Gasteiger partial charge < -0.3 is 14.3 Å². The number of rotatable bonds is 4. The van der Waals surface area contributed by atoms with E-state index in [2.05, 4.69) is 25.8 Å². The fraction of sp³-hybridized carbons (Fsp3) is 0.316. The highest BCUT2D eigenvalue weighted by atomic mass is 16.6. The van der Waals surface area contributed by atoms with Gasteiger partial charge in [-0.2, -0.15) is 0 Å². The molecule has 0 fully saturated rings. The van der Waals surface area contributed by atoms with Crippen LogP contribution in [-0.4, -0.2) is 21.1 Å². The van der Waals surface area contributed by atoms with Crippen molar-refractivity contribution in [2.75, 3.05) is 6.61 Å². The first-order valence-electron chi connectivity index (χ1n) is 8.26. The van der Waals surface area contributed by atoms with Gasteiger partial charge in [-0.3, -0.25) is 14.9 Å². The number of H-pyrrole nitrogens is 1. The fourth-order valence-corrected chi connectivity index (χ4v) is 2.75. The maximum Gasteiger partial charge on any atom is 0.274 e. The lowest BCUT2D eigenvalue weighted by Gasteiger charge is -2.20. The number of nitrogens with zero attached hydrogens (tertiary/aromatic N) is 2. The second-order valence-electron chi connectivity index (χ2n) is 7.51. The molecule has 0 aliphatic heterocycles. The summed E-state index contributed by atoms with van der Waals surface area (Å²) in [4.78, 5) is 26.0. The normalized spacial score (nSPS) is 11.7. The molecule has 26 heavy (non-hydrogen) atoms. The molecular weight excluding hydrogens is 334 g/mol. The number of nitrogens with one attached hydrogen (secondary N) is 1. The van der Waals surface area contributed by atoms with Crippen LogP contribution in [0.3, 0.4) is 0 Å². The fourth-order valence-electron chi connectivity index (χ4n) is 2.75. The van der Waals surface area contributed by atoms with Crippen molar-refractivity contribution < 1.29 is 9.66 Å². The molecule has 1 aromatic carbocycles. The molecule has 7 nitrogen and oxygen atoms in total. The molecule has 0 atom stereocenters. The van der Waals surface area contributed by atoms with Crippen LogP contribution in [0.1, 0.15) is 20.8 Å². The van der Waals surface area contributed by atoms with Crippen LogP contribution in [0.15, 0.2) is 41.5 Å². The Morgan fingerprint density at radius 3 is 2.62 bits per heavy atom. The third-order valence-corrected chi connectivity index (χ3v) is 4.02. The van der Waals surface area contributed by atoms with E-state index in [1.54, 1.807) is 31.6 Å². The number of hydrogen-bond donors (Lipinski definition) is 1. The molecule has 3 aromatic rings. The van der Waals surface area contributed by atoms with E-state index in [0.29, 0.717) is 34.4 Å². The number of benzene rings is 1. The molecule has 3 rings (SSSR count). The summed E-state index contributed by atoms with van der Waals surface area (Å²) in [6.07, 6.45) is 3.37. The predicted molar refractivity (Wildman–Crippen MR) is 101 cm³/mol. The molecule has 0 aliphatic rings. The predicted octanol–water partition coefficient (Wildman–Crippen LogP) is 3.87. The van der Waals surface area contributed by atoms with Crippen molar-refractivity contribution in [2.45, 2.75) is 20.8 Å². The Labute approximate surface area is 150 Å². The van der Waals surface area contributed by atoms with E-state index in [0.717, 1.165) is 0 Å². The van der Waals surface area contributed by atoms with Gasteiger partial charge in [0.25, 0.3) is 11.2 Å². The number of pyridine rings is 1. The number of hydrogen-bond acceptors (Lipinski definition) is 4. The number of aromatic amines is 1. The molecule has 0 radical (unpaired) electrons. The van der Waals surface area contributed by atoms with Gasteiger partial charge in [0.1, 0.15) is 11.3 Å². The van der Waals surface area contributed by atoms with Crippen LogP contribution < -0.4 is 10.3 Å². The van der Waals surface area contributed by atoms with Gasteiger partial charge in [0.15, 0.2) is 0 Å². The van der Waals surface area contributed by atoms with Gasteiger partial charge in [0, 0.05) is 48.1 Å². The summed E-state index contributed by atoms with van der Waals surface area (Å²) in [7, 11) is 1.65. The van der Waals surface area contributed by atoms with Crippen molar-refractivity contribution in [2.24, 2.45) is 12.5 Å². The van der Waals surface area contributed by atoms with E-state index in [4.69, 9.17) is 4.74 Å². The number of nitro groups is 1. The second kappa shape index (κ2) is 6.33. The summed E-state index contributed by atoms with van der Waals surface area (Å²) >= 11 is 0. The highest BCUT2D eigenvalue weighted by molar-refractivity contribution is 5.96. The number of nitro benzene ring substituents is 1. The van der Waals surface area contributed by atoms with E-state index in [1.165, 1.54) is 16.7 Å². The van der Waals surface area contributed by atoms with Crippen molar-refractivity contribution >= 4 is 16.6 Å². The standard InChI is InChI=1S/C19H21N3O4/c1-19(2,3)11-26-16-6-5-12(22(24)25)9-14(16)15-10-21(4)18(23)17-13(15)7-8-20-17/h5-10,20H,11H2,1-4H3. The largest absolute Gasteiger partial charge is 0.492 e. The average molecular weight is 355 g/mol. The molecule has 2 aromatic heterocycles. The maximum atomic E-state index is 12.3. The zero-order chi connectivity index (χ0) is 19.1. The number of non-ortho nitro benzene ring substituents is 1. The summed E-state index contributed by atoms with van der Waals surface area (Å²) in [6.45, 7) is 6.61. The first-order valence-corrected chi connectivity index (χ1v) is 8.26. The minimum absolute atomic E-state index is 0.0272. The van der Waals surface area contributed by atoms with Crippen LogP contribution in [0.4, 0.5) is 5.69 Å². The summed E-state index contributed by atoms with van der Waals surface area (Å²) in [6, 6.07) is 6.32. The van der Waals surface area contributed by atoms with Crippen LogP contribution >= 0.6 is 0 Å². The van der Waals surface area contributed by atoms with Crippen molar-refractivity contribution in [1.29, 1.82) is 0 Å². The molecule has 136 valence electrons. The Hall–Kier alpha value is -3.09. The zero-order valence-corrected chi connectivity index (χ0v) is 15.2. The summed E-state index contributed by atoms with van der Waals surface area (Å²) < 4.78 is 7.42. The summed E-state index contributed by atoms with van der Waals surface area (Å²) in [5.74, 6) is 0.548. The van der Waals surface area contributed by atoms with E-state index < -0.39 is 4.92 Å². The van der Waals surface area contributed by atoms with Crippen LogP contribution in [-0.2, 0) is 7.05 Å². The van der Waals surface area contributed by atoms with Gasteiger partial charge >= 0.3 is 0 Å². The lowest BCUT2D eigenvalue weighted by atomic mass is 9.98. The lowest BCUT2D eigenvalue weighted by molar-refractivity contribution is -0.384. The first kappa shape index (κ1) is 17.7. The number of aryl methyl sites for hydroxylation is 1. The number of ether oxygens (including phenoxy) is 1. The lowest BCUT2D eigenvalue weighted by Crippen LogP contribution is -2.18. The van der Waals surface area contributed by atoms with Gasteiger partial charge in [-0.05, 0) is 17.5 Å². The molecule has 0 aliphatic carbocycles. The van der Waals surface area contributed by atoms with Crippen LogP contribution in [0.5, 0.6) is 5.75 Å². The highest BCUT2D eigenvalue weighted by Gasteiger charge is 2.19. The average Bonchev–Trinajstić information content (AvgIpc) is 3.05. The highest BCUT2D eigenvalue weighted by Crippen LogP contribution is 2.37. The molecule has 0 bridgehead atoms. The third kappa shape index (κ3) is 3.33. The van der Waals surface area contributed by atoms with Gasteiger partial charge in [-0.25, -0.2) is 0 Å². The molecule has 0 amide bonds.